The summed E-state index contributed by atoms with van der Waals surface area (Å²) in [5, 5.41) is 8.56. The monoisotopic (exact) mass is 246 g/mol. The number of aryl methyl sites for hydroxylation is 2. The van der Waals surface area contributed by atoms with E-state index >= 15 is 0 Å². The lowest BCUT2D eigenvalue weighted by Crippen LogP contribution is -2.32. The fourth-order valence-electron chi connectivity index (χ4n) is 1.01. The maximum atomic E-state index is 10.4. The van der Waals surface area contributed by atoms with Gasteiger partial charge in [0, 0.05) is 10.6 Å². The largest absolute Gasteiger partial charge is 0.480 e. The van der Waals surface area contributed by atoms with Crippen molar-refractivity contribution in [3.05, 3.63) is 16.1 Å². The summed E-state index contributed by atoms with van der Waals surface area (Å²) in [5.74, 6) is 0.425. The Kier molecular flexibility index (Phi) is 5.07. The van der Waals surface area contributed by atoms with E-state index < -0.39 is 12.0 Å². The van der Waals surface area contributed by atoms with Crippen LogP contribution in [-0.2, 0) is 11.2 Å². The fourth-order valence-corrected chi connectivity index (χ4v) is 2.83. The third kappa shape index (κ3) is 4.19. The molecule has 1 heterocycles. The number of aliphatic carboxylic acids is 1. The fraction of sp³-hybridized carbons (Fsp3) is 0.556. The first-order valence-corrected chi connectivity index (χ1v) is 6.59. The van der Waals surface area contributed by atoms with Crippen LogP contribution in [-0.4, -0.2) is 33.6 Å². The quantitative estimate of drug-likeness (QED) is 0.736. The maximum Gasteiger partial charge on any atom is 0.321 e. The van der Waals surface area contributed by atoms with Gasteiger partial charge >= 0.3 is 5.97 Å². The van der Waals surface area contributed by atoms with Crippen molar-refractivity contribution in [3.63, 3.8) is 0 Å². The summed E-state index contributed by atoms with van der Waals surface area (Å²) in [4.78, 5) is 15.8. The Morgan fingerprint density at radius 3 is 3.07 bits per heavy atom. The van der Waals surface area contributed by atoms with Crippen LogP contribution in [0.4, 0.5) is 0 Å². The summed E-state index contributed by atoms with van der Waals surface area (Å²) in [6, 6.07) is -0.752. The number of carboxylic acid groups (broad SMARTS) is 1. The molecule has 0 spiro atoms. The number of thioether (sulfide) groups is 1. The van der Waals surface area contributed by atoms with Gasteiger partial charge in [-0.2, -0.15) is 11.8 Å². The van der Waals surface area contributed by atoms with Gasteiger partial charge in [0.15, 0.2) is 0 Å². The molecule has 0 saturated heterocycles. The van der Waals surface area contributed by atoms with Gasteiger partial charge in [0.05, 0.1) is 11.2 Å². The van der Waals surface area contributed by atoms with Gasteiger partial charge in [-0.25, -0.2) is 4.98 Å². The Morgan fingerprint density at radius 2 is 2.53 bits per heavy atom. The number of carbonyl (C=O) groups is 1. The van der Waals surface area contributed by atoms with E-state index in [1.807, 2.05) is 12.4 Å². The predicted octanol–water partition coefficient (Wildman–Crippen LogP) is 1.14. The van der Waals surface area contributed by atoms with Crippen molar-refractivity contribution in [1.82, 2.24) is 4.98 Å². The zero-order valence-electron chi connectivity index (χ0n) is 8.47. The summed E-state index contributed by atoms with van der Waals surface area (Å²) in [6.45, 7) is 1.99. The molecule has 0 aliphatic rings. The highest BCUT2D eigenvalue weighted by atomic mass is 32.2. The second kappa shape index (κ2) is 6.09. The second-order valence-corrected chi connectivity index (χ2v) is 5.22. The molecule has 1 aromatic rings. The number of thiazole rings is 1. The van der Waals surface area contributed by atoms with E-state index in [1.165, 1.54) is 4.88 Å². The molecular formula is C9H14N2O2S2. The summed E-state index contributed by atoms with van der Waals surface area (Å²) in [7, 11) is 0. The number of nitrogens with zero attached hydrogens (tertiary/aromatic N) is 1. The van der Waals surface area contributed by atoms with Crippen molar-refractivity contribution in [2.75, 3.05) is 11.5 Å². The van der Waals surface area contributed by atoms with Crippen LogP contribution in [0.1, 0.15) is 10.6 Å². The average Bonchev–Trinajstić information content (AvgIpc) is 2.58. The van der Waals surface area contributed by atoms with E-state index in [1.54, 1.807) is 23.1 Å². The molecule has 0 unspecified atom stereocenters. The minimum absolute atomic E-state index is 0.465. The van der Waals surface area contributed by atoms with Crippen LogP contribution in [0.2, 0.25) is 0 Å². The lowest BCUT2D eigenvalue weighted by molar-refractivity contribution is -0.137. The second-order valence-electron chi connectivity index (χ2n) is 3.13. The van der Waals surface area contributed by atoms with Gasteiger partial charge in [-0.1, -0.05) is 0 Å². The summed E-state index contributed by atoms with van der Waals surface area (Å²) >= 11 is 3.21. The molecule has 3 N–H and O–H groups in total. The van der Waals surface area contributed by atoms with E-state index in [9.17, 15) is 4.79 Å². The summed E-state index contributed by atoms with van der Waals surface area (Å²) in [6.07, 6.45) is 0.938. The lowest BCUT2D eigenvalue weighted by Gasteiger charge is -2.05. The van der Waals surface area contributed by atoms with Crippen LogP contribution in [0, 0.1) is 6.92 Å². The highest BCUT2D eigenvalue weighted by molar-refractivity contribution is 7.99. The molecule has 0 amide bonds. The van der Waals surface area contributed by atoms with E-state index in [2.05, 4.69) is 4.98 Å². The average molecular weight is 246 g/mol. The Morgan fingerprint density at radius 1 is 1.80 bits per heavy atom. The van der Waals surface area contributed by atoms with Gasteiger partial charge in [-0.05, 0) is 19.1 Å². The number of nitrogens with two attached hydrogens (primary N) is 1. The van der Waals surface area contributed by atoms with Gasteiger partial charge in [-0.15, -0.1) is 11.3 Å². The number of rotatable bonds is 6. The third-order valence-corrected chi connectivity index (χ3v) is 4.02. The normalized spacial score (nSPS) is 12.7. The van der Waals surface area contributed by atoms with E-state index in [4.69, 9.17) is 10.8 Å². The SMILES string of the molecule is Cc1ncsc1CCSC[C@@H](N)C(=O)O. The molecular weight excluding hydrogens is 232 g/mol. The van der Waals surface area contributed by atoms with Crippen molar-refractivity contribution in [2.45, 2.75) is 19.4 Å². The molecule has 0 aromatic carbocycles. The van der Waals surface area contributed by atoms with Crippen LogP contribution >= 0.6 is 23.1 Å². The highest BCUT2D eigenvalue weighted by Crippen LogP contribution is 2.15. The van der Waals surface area contributed by atoms with E-state index in [0.29, 0.717) is 5.75 Å². The Balaban J connectivity index is 2.17. The molecule has 0 aliphatic heterocycles. The smallest absolute Gasteiger partial charge is 0.321 e. The van der Waals surface area contributed by atoms with Crippen molar-refractivity contribution < 1.29 is 9.90 Å². The minimum atomic E-state index is -0.934. The molecule has 15 heavy (non-hydrogen) atoms. The Hall–Kier alpha value is -0.590. The zero-order valence-corrected chi connectivity index (χ0v) is 10.1. The first-order chi connectivity index (χ1) is 7.11. The van der Waals surface area contributed by atoms with Crippen LogP contribution < -0.4 is 5.73 Å². The van der Waals surface area contributed by atoms with Gasteiger partial charge in [0.2, 0.25) is 0 Å². The topological polar surface area (TPSA) is 76.2 Å². The third-order valence-electron chi connectivity index (χ3n) is 1.93. The van der Waals surface area contributed by atoms with Gasteiger partial charge in [0.25, 0.3) is 0 Å². The van der Waals surface area contributed by atoms with Crippen molar-refractivity contribution in [2.24, 2.45) is 5.73 Å². The molecule has 1 aromatic heterocycles. The first-order valence-electron chi connectivity index (χ1n) is 4.56. The number of hydrogen-bond acceptors (Lipinski definition) is 5. The van der Waals surface area contributed by atoms with Crippen LogP contribution in [0.15, 0.2) is 5.51 Å². The molecule has 4 nitrogen and oxygen atoms in total. The van der Waals surface area contributed by atoms with Gasteiger partial charge in [-0.3, -0.25) is 4.79 Å². The minimum Gasteiger partial charge on any atom is -0.480 e. The van der Waals surface area contributed by atoms with E-state index in [-0.39, 0.29) is 0 Å². The molecule has 0 fully saturated rings. The maximum absolute atomic E-state index is 10.4. The Bertz CT molecular complexity index is 328. The molecule has 1 rings (SSSR count). The van der Waals surface area contributed by atoms with Crippen LogP contribution in [0.3, 0.4) is 0 Å². The van der Waals surface area contributed by atoms with Crippen molar-refractivity contribution in [3.8, 4) is 0 Å². The van der Waals surface area contributed by atoms with E-state index in [0.717, 1.165) is 17.9 Å². The molecule has 0 saturated carbocycles. The summed E-state index contributed by atoms with van der Waals surface area (Å²) in [5.41, 5.74) is 8.28. The molecule has 0 aliphatic carbocycles. The van der Waals surface area contributed by atoms with Crippen LogP contribution in [0.25, 0.3) is 0 Å². The molecule has 1 atom stereocenters. The van der Waals surface area contributed by atoms with Crippen molar-refractivity contribution >= 4 is 29.1 Å². The number of aromatic nitrogens is 1. The van der Waals surface area contributed by atoms with Gasteiger partial charge in [0.1, 0.15) is 6.04 Å². The molecule has 0 radical (unpaired) electrons. The molecule has 6 heteroatoms. The Labute approximate surface area is 96.9 Å². The first kappa shape index (κ1) is 12.5. The lowest BCUT2D eigenvalue weighted by atomic mass is 10.3. The summed E-state index contributed by atoms with van der Waals surface area (Å²) < 4.78 is 0. The number of carboxylic acids is 1. The predicted molar refractivity (Wildman–Crippen MR) is 63.5 cm³/mol. The van der Waals surface area contributed by atoms with Crippen LogP contribution in [0.5, 0.6) is 0 Å². The molecule has 0 bridgehead atoms. The molecule has 84 valence electrons. The zero-order chi connectivity index (χ0) is 11.3. The standard InChI is InChI=1S/C9H14N2O2S2/c1-6-8(15-5-11-6)2-3-14-4-7(10)9(12)13/h5,7H,2-4,10H2,1H3,(H,12,13)/t7-/m1/s1. The highest BCUT2D eigenvalue weighted by Gasteiger charge is 2.10. The number of hydrogen-bond donors (Lipinski definition) is 2. The van der Waals surface area contributed by atoms with Crippen molar-refractivity contribution in [1.29, 1.82) is 0 Å². The van der Waals surface area contributed by atoms with Gasteiger partial charge < -0.3 is 10.8 Å².